The van der Waals surface area contributed by atoms with Gasteiger partial charge in [-0.1, -0.05) is 0 Å². The largest absolute Gasteiger partial charge is 0.450 e. The van der Waals surface area contributed by atoms with Crippen molar-refractivity contribution in [3.63, 3.8) is 0 Å². The smallest absolute Gasteiger partial charge is 0.409 e. The molecule has 1 N–H and O–H groups in total. The van der Waals surface area contributed by atoms with Crippen molar-refractivity contribution in [2.75, 3.05) is 43.0 Å². The van der Waals surface area contributed by atoms with Gasteiger partial charge >= 0.3 is 6.09 Å². The number of amides is 1. The summed E-state index contributed by atoms with van der Waals surface area (Å²) in [5.74, 6) is 1.28. The molecule has 0 atom stereocenters. The van der Waals surface area contributed by atoms with E-state index in [4.69, 9.17) is 4.74 Å². The number of ether oxygens (including phenoxy) is 1. The van der Waals surface area contributed by atoms with Crippen molar-refractivity contribution in [1.82, 2.24) is 20.1 Å². The van der Waals surface area contributed by atoms with Gasteiger partial charge in [0.2, 0.25) is 5.95 Å². The molecule has 0 saturated carbocycles. The van der Waals surface area contributed by atoms with E-state index in [1.165, 1.54) is 0 Å². The van der Waals surface area contributed by atoms with E-state index < -0.39 is 0 Å². The summed E-state index contributed by atoms with van der Waals surface area (Å²) < 4.78 is 5.02. The average Bonchev–Trinajstić information content (AvgIpc) is 2.46. The van der Waals surface area contributed by atoms with Gasteiger partial charge in [0.1, 0.15) is 0 Å². The first-order chi connectivity index (χ1) is 10.4. The highest BCUT2D eigenvalue weighted by Gasteiger charge is 2.23. The van der Waals surface area contributed by atoms with Gasteiger partial charge in [-0.2, -0.15) is 10.1 Å². The minimum Gasteiger partial charge on any atom is -0.450 e. The van der Waals surface area contributed by atoms with Crippen LogP contribution < -0.4 is 10.2 Å². The minimum absolute atomic E-state index is 0.122. The monoisotopic (exact) mass is 308 g/mol. The predicted molar refractivity (Wildman–Crippen MR) is 84.0 cm³/mol. The van der Waals surface area contributed by atoms with Crippen molar-refractivity contribution in [1.29, 1.82) is 0 Å². The fourth-order valence-electron chi connectivity index (χ4n) is 2.17. The highest BCUT2D eigenvalue weighted by atomic mass is 16.6. The van der Waals surface area contributed by atoms with Crippen LogP contribution in [0.15, 0.2) is 6.20 Å². The normalized spacial score (nSPS) is 15.6. The summed E-state index contributed by atoms with van der Waals surface area (Å²) in [6.07, 6.45) is 1.39. The minimum atomic E-state index is -0.252. The number of hydrogen-bond acceptors (Lipinski definition) is 7. The SMILES string of the molecule is CCOC(=O)N1CCN(c2cnnc(NC(C)(C)C)n2)CC1. The highest BCUT2D eigenvalue weighted by Crippen LogP contribution is 2.16. The molecular formula is C14H24N6O2. The fraction of sp³-hybridized carbons (Fsp3) is 0.714. The molecule has 1 saturated heterocycles. The quantitative estimate of drug-likeness (QED) is 0.902. The van der Waals surface area contributed by atoms with Crippen LogP contribution in [0.4, 0.5) is 16.6 Å². The molecule has 0 aliphatic carbocycles. The lowest BCUT2D eigenvalue weighted by Crippen LogP contribution is -2.49. The van der Waals surface area contributed by atoms with Gasteiger partial charge in [-0.15, -0.1) is 5.10 Å². The Hall–Kier alpha value is -2.12. The van der Waals surface area contributed by atoms with Crippen molar-refractivity contribution in [2.45, 2.75) is 33.2 Å². The van der Waals surface area contributed by atoms with Gasteiger partial charge in [-0.3, -0.25) is 0 Å². The number of piperazine rings is 1. The van der Waals surface area contributed by atoms with E-state index in [-0.39, 0.29) is 11.6 Å². The zero-order valence-electron chi connectivity index (χ0n) is 13.7. The average molecular weight is 308 g/mol. The van der Waals surface area contributed by atoms with Gasteiger partial charge < -0.3 is 19.9 Å². The van der Waals surface area contributed by atoms with Gasteiger partial charge in [0.05, 0.1) is 12.8 Å². The van der Waals surface area contributed by atoms with Crippen LogP contribution in [0.5, 0.6) is 0 Å². The summed E-state index contributed by atoms with van der Waals surface area (Å²) in [5, 5.41) is 11.2. The van der Waals surface area contributed by atoms with Gasteiger partial charge in [-0.05, 0) is 27.7 Å². The number of carbonyl (C=O) groups excluding carboxylic acids is 1. The second-order valence-corrected chi connectivity index (χ2v) is 6.19. The van der Waals surface area contributed by atoms with Crippen molar-refractivity contribution in [2.24, 2.45) is 0 Å². The lowest BCUT2D eigenvalue weighted by atomic mass is 10.1. The molecule has 1 amide bonds. The van der Waals surface area contributed by atoms with E-state index in [1.54, 1.807) is 11.1 Å². The van der Waals surface area contributed by atoms with Crippen molar-refractivity contribution in [3.8, 4) is 0 Å². The summed E-state index contributed by atoms with van der Waals surface area (Å²) in [6.45, 7) is 11.0. The Kier molecular flexibility index (Phi) is 4.99. The van der Waals surface area contributed by atoms with Crippen LogP contribution in [0.2, 0.25) is 0 Å². The van der Waals surface area contributed by atoms with Crippen molar-refractivity contribution < 1.29 is 9.53 Å². The van der Waals surface area contributed by atoms with E-state index in [9.17, 15) is 4.79 Å². The molecule has 22 heavy (non-hydrogen) atoms. The third kappa shape index (κ3) is 4.44. The molecule has 0 spiro atoms. The van der Waals surface area contributed by atoms with Crippen LogP contribution in [0.1, 0.15) is 27.7 Å². The number of anilines is 2. The van der Waals surface area contributed by atoms with E-state index in [1.807, 2.05) is 27.7 Å². The van der Waals surface area contributed by atoms with Crippen LogP contribution in [-0.2, 0) is 4.74 Å². The number of nitrogens with one attached hydrogen (secondary N) is 1. The molecule has 1 aromatic rings. The highest BCUT2D eigenvalue weighted by molar-refractivity contribution is 5.68. The maximum atomic E-state index is 11.7. The van der Waals surface area contributed by atoms with E-state index in [0.717, 1.165) is 5.82 Å². The second-order valence-electron chi connectivity index (χ2n) is 6.19. The lowest BCUT2D eigenvalue weighted by Gasteiger charge is -2.34. The number of nitrogens with zero attached hydrogens (tertiary/aromatic N) is 5. The van der Waals surface area contributed by atoms with Crippen LogP contribution in [0, 0.1) is 0 Å². The molecule has 1 aliphatic heterocycles. The number of hydrogen-bond donors (Lipinski definition) is 1. The maximum absolute atomic E-state index is 11.7. The molecule has 8 heteroatoms. The van der Waals surface area contributed by atoms with Crippen molar-refractivity contribution in [3.05, 3.63) is 6.20 Å². The van der Waals surface area contributed by atoms with Gasteiger partial charge in [0, 0.05) is 31.7 Å². The van der Waals surface area contributed by atoms with Crippen LogP contribution in [-0.4, -0.2) is 64.5 Å². The Balaban J connectivity index is 1.96. The molecule has 0 aromatic carbocycles. The Morgan fingerprint density at radius 1 is 1.32 bits per heavy atom. The summed E-state index contributed by atoms with van der Waals surface area (Å²) in [6, 6.07) is 0. The van der Waals surface area contributed by atoms with Gasteiger partial charge in [0.25, 0.3) is 0 Å². The fourth-order valence-corrected chi connectivity index (χ4v) is 2.17. The van der Waals surface area contributed by atoms with Gasteiger partial charge in [-0.25, -0.2) is 4.79 Å². The van der Waals surface area contributed by atoms with Crippen LogP contribution >= 0.6 is 0 Å². The summed E-state index contributed by atoms with van der Waals surface area (Å²) >= 11 is 0. The van der Waals surface area contributed by atoms with Gasteiger partial charge in [0.15, 0.2) is 5.82 Å². The first-order valence-corrected chi connectivity index (χ1v) is 7.53. The van der Waals surface area contributed by atoms with Crippen LogP contribution in [0.3, 0.4) is 0 Å². The standard InChI is InChI=1S/C14H24N6O2/c1-5-22-13(21)20-8-6-19(7-9-20)11-10-15-18-12(16-11)17-14(2,3)4/h10H,5-9H2,1-4H3,(H,16,17,18). The molecule has 2 rings (SSSR count). The number of carbonyl (C=O) groups is 1. The molecule has 8 nitrogen and oxygen atoms in total. The zero-order chi connectivity index (χ0) is 16.2. The molecule has 1 aromatic heterocycles. The van der Waals surface area contributed by atoms with E-state index in [0.29, 0.717) is 38.7 Å². The molecule has 2 heterocycles. The Morgan fingerprint density at radius 2 is 2.00 bits per heavy atom. The predicted octanol–water partition coefficient (Wildman–Crippen LogP) is 1.36. The molecular weight excluding hydrogens is 284 g/mol. The summed E-state index contributed by atoms with van der Waals surface area (Å²) in [7, 11) is 0. The van der Waals surface area contributed by atoms with E-state index in [2.05, 4.69) is 25.4 Å². The van der Waals surface area contributed by atoms with Crippen LogP contribution in [0.25, 0.3) is 0 Å². The second kappa shape index (κ2) is 6.76. The Morgan fingerprint density at radius 3 is 2.59 bits per heavy atom. The van der Waals surface area contributed by atoms with E-state index >= 15 is 0 Å². The first-order valence-electron chi connectivity index (χ1n) is 7.53. The molecule has 1 aliphatic rings. The lowest BCUT2D eigenvalue weighted by molar-refractivity contribution is 0.105. The molecule has 0 radical (unpaired) electrons. The Labute approximate surface area is 130 Å². The first kappa shape index (κ1) is 16.3. The Bertz CT molecular complexity index is 508. The summed E-state index contributed by atoms with van der Waals surface area (Å²) in [4.78, 5) is 20.0. The summed E-state index contributed by atoms with van der Waals surface area (Å²) in [5.41, 5.74) is -0.122. The molecule has 0 bridgehead atoms. The topological polar surface area (TPSA) is 83.5 Å². The number of rotatable bonds is 3. The molecule has 122 valence electrons. The van der Waals surface area contributed by atoms with Crippen molar-refractivity contribution >= 4 is 17.9 Å². The zero-order valence-corrected chi connectivity index (χ0v) is 13.7. The number of aromatic nitrogens is 3. The molecule has 0 unspecified atom stereocenters. The maximum Gasteiger partial charge on any atom is 0.409 e. The molecule has 1 fully saturated rings. The third-order valence-electron chi connectivity index (χ3n) is 3.16. The third-order valence-corrected chi connectivity index (χ3v) is 3.16.